The number of amides is 3. The molecule has 1 aromatic heterocycles. The molecule has 2 N–H and O–H groups in total. The molecule has 30 heavy (non-hydrogen) atoms. The lowest BCUT2D eigenvalue weighted by atomic mass is 10.1. The van der Waals surface area contributed by atoms with Gasteiger partial charge < -0.3 is 20.4 Å². The average Bonchev–Trinajstić information content (AvgIpc) is 2.74. The lowest BCUT2D eigenvalue weighted by Crippen LogP contribution is -2.49. The van der Waals surface area contributed by atoms with Gasteiger partial charge in [0.2, 0.25) is 11.8 Å². The zero-order valence-corrected chi connectivity index (χ0v) is 16.7. The second-order valence-electron chi connectivity index (χ2n) is 6.74. The van der Waals surface area contributed by atoms with Gasteiger partial charge in [-0.3, -0.25) is 14.4 Å². The summed E-state index contributed by atoms with van der Waals surface area (Å²) >= 11 is 0. The van der Waals surface area contributed by atoms with Crippen LogP contribution in [0.1, 0.15) is 29.9 Å². The van der Waals surface area contributed by atoms with Crippen molar-refractivity contribution in [1.82, 2.24) is 14.9 Å². The highest BCUT2D eigenvalue weighted by molar-refractivity contribution is 6.02. The van der Waals surface area contributed by atoms with Crippen molar-refractivity contribution in [2.45, 2.75) is 13.8 Å². The van der Waals surface area contributed by atoms with Gasteiger partial charge in [-0.05, 0) is 18.2 Å². The largest absolute Gasteiger partial charge is 0.351 e. The van der Waals surface area contributed by atoms with Crippen LogP contribution >= 0.6 is 0 Å². The summed E-state index contributed by atoms with van der Waals surface area (Å²) in [5, 5.41) is 14.5. The van der Waals surface area contributed by atoms with E-state index in [0.29, 0.717) is 48.9 Å². The summed E-state index contributed by atoms with van der Waals surface area (Å²) < 4.78 is 0. The molecule has 154 valence electrons. The number of anilines is 3. The summed E-state index contributed by atoms with van der Waals surface area (Å²) in [6.45, 7) is 4.65. The monoisotopic (exact) mass is 407 g/mol. The van der Waals surface area contributed by atoms with Gasteiger partial charge in [-0.25, -0.2) is 9.97 Å². The fourth-order valence-corrected chi connectivity index (χ4v) is 3.21. The van der Waals surface area contributed by atoms with E-state index >= 15 is 0 Å². The Bertz CT molecular complexity index is 1020. The predicted octanol–water partition coefficient (Wildman–Crippen LogP) is 1.23. The first-order valence-corrected chi connectivity index (χ1v) is 9.33. The molecule has 1 fully saturated rings. The summed E-state index contributed by atoms with van der Waals surface area (Å²) in [6, 6.07) is 6.79. The number of carbonyl (C=O) groups is 3. The standard InChI is InChI=1S/C20H21N7O3/c1-13(28)24-16-4-3-15(11-17(16)25-14(2)29)20(30)27-9-7-26(8-10-27)19-18(12-21)22-5-6-23-19/h3-6,11H,7-10H2,1-2H3,(H,24,28)(H,25,29). The molecule has 3 rings (SSSR count). The Morgan fingerprint density at radius 1 is 0.967 bits per heavy atom. The summed E-state index contributed by atoms with van der Waals surface area (Å²) in [4.78, 5) is 47.7. The van der Waals surface area contributed by atoms with Crippen molar-refractivity contribution in [3.8, 4) is 6.07 Å². The fraction of sp³-hybridized carbons (Fsp3) is 0.300. The van der Waals surface area contributed by atoms with Crippen LogP contribution in [0.4, 0.5) is 17.2 Å². The Balaban J connectivity index is 1.74. The molecule has 0 unspecified atom stereocenters. The van der Waals surface area contributed by atoms with Gasteiger partial charge >= 0.3 is 0 Å². The number of nitrogens with zero attached hydrogens (tertiary/aromatic N) is 5. The number of nitrogens with one attached hydrogen (secondary N) is 2. The van der Waals surface area contributed by atoms with Crippen LogP contribution in [0.5, 0.6) is 0 Å². The Morgan fingerprint density at radius 2 is 1.60 bits per heavy atom. The zero-order chi connectivity index (χ0) is 21.7. The third-order valence-electron chi connectivity index (χ3n) is 4.54. The molecule has 2 aromatic rings. The molecule has 1 aliphatic heterocycles. The maximum Gasteiger partial charge on any atom is 0.254 e. The molecule has 0 aliphatic carbocycles. The molecular formula is C20H21N7O3. The number of benzene rings is 1. The molecular weight excluding hydrogens is 386 g/mol. The highest BCUT2D eigenvalue weighted by Gasteiger charge is 2.25. The zero-order valence-electron chi connectivity index (χ0n) is 16.7. The van der Waals surface area contributed by atoms with Crippen molar-refractivity contribution in [3.05, 3.63) is 41.9 Å². The van der Waals surface area contributed by atoms with Gasteiger partial charge in [0, 0.05) is 58.0 Å². The van der Waals surface area contributed by atoms with Crippen molar-refractivity contribution in [3.63, 3.8) is 0 Å². The molecule has 0 bridgehead atoms. The summed E-state index contributed by atoms with van der Waals surface area (Å²) in [5.74, 6) is -0.260. The van der Waals surface area contributed by atoms with E-state index < -0.39 is 0 Å². The van der Waals surface area contributed by atoms with Crippen molar-refractivity contribution in [2.24, 2.45) is 0 Å². The Hall–Kier alpha value is -4.00. The highest BCUT2D eigenvalue weighted by atomic mass is 16.2. The normalized spacial score (nSPS) is 13.4. The number of nitriles is 1. The first kappa shape index (κ1) is 20.7. The lowest BCUT2D eigenvalue weighted by Gasteiger charge is -2.35. The number of hydrogen-bond acceptors (Lipinski definition) is 7. The highest BCUT2D eigenvalue weighted by Crippen LogP contribution is 2.25. The van der Waals surface area contributed by atoms with Crippen LogP contribution in [-0.2, 0) is 9.59 Å². The molecule has 0 spiro atoms. The SMILES string of the molecule is CC(=O)Nc1ccc(C(=O)N2CCN(c3nccnc3C#N)CC2)cc1NC(C)=O. The third-order valence-corrected chi connectivity index (χ3v) is 4.54. The van der Waals surface area contributed by atoms with E-state index in [1.54, 1.807) is 23.1 Å². The number of carbonyl (C=O) groups excluding carboxylic acids is 3. The van der Waals surface area contributed by atoms with Gasteiger partial charge in [0.1, 0.15) is 6.07 Å². The summed E-state index contributed by atoms with van der Waals surface area (Å²) in [6.07, 6.45) is 3.01. The van der Waals surface area contributed by atoms with Gasteiger partial charge in [-0.15, -0.1) is 0 Å². The molecule has 10 nitrogen and oxygen atoms in total. The van der Waals surface area contributed by atoms with E-state index in [1.807, 2.05) is 11.0 Å². The molecule has 1 aromatic carbocycles. The van der Waals surface area contributed by atoms with Crippen molar-refractivity contribution >= 4 is 34.9 Å². The lowest BCUT2D eigenvalue weighted by molar-refractivity contribution is -0.115. The number of rotatable bonds is 4. The summed E-state index contributed by atoms with van der Waals surface area (Å²) in [7, 11) is 0. The number of hydrogen-bond donors (Lipinski definition) is 2. The van der Waals surface area contributed by atoms with E-state index in [1.165, 1.54) is 26.2 Å². The van der Waals surface area contributed by atoms with Crippen LogP contribution in [0.2, 0.25) is 0 Å². The first-order valence-electron chi connectivity index (χ1n) is 9.33. The van der Waals surface area contributed by atoms with Crippen molar-refractivity contribution in [1.29, 1.82) is 5.26 Å². The van der Waals surface area contributed by atoms with Crippen LogP contribution in [0.25, 0.3) is 0 Å². The smallest absolute Gasteiger partial charge is 0.254 e. The molecule has 0 saturated carbocycles. The van der Waals surface area contributed by atoms with Gasteiger partial charge in [-0.2, -0.15) is 5.26 Å². The molecule has 2 heterocycles. The van der Waals surface area contributed by atoms with E-state index in [9.17, 15) is 19.6 Å². The predicted molar refractivity (Wildman–Crippen MR) is 110 cm³/mol. The van der Waals surface area contributed by atoms with E-state index in [2.05, 4.69) is 20.6 Å². The maximum absolute atomic E-state index is 13.0. The molecule has 3 amide bonds. The minimum Gasteiger partial charge on any atom is -0.351 e. The number of piperazine rings is 1. The van der Waals surface area contributed by atoms with Crippen LogP contribution in [0, 0.1) is 11.3 Å². The Morgan fingerprint density at radius 3 is 2.23 bits per heavy atom. The Kier molecular flexibility index (Phi) is 6.22. The average molecular weight is 407 g/mol. The van der Waals surface area contributed by atoms with E-state index in [4.69, 9.17) is 0 Å². The topological polar surface area (TPSA) is 131 Å². The fourth-order valence-electron chi connectivity index (χ4n) is 3.21. The van der Waals surface area contributed by atoms with Crippen molar-refractivity contribution in [2.75, 3.05) is 41.7 Å². The molecule has 0 atom stereocenters. The van der Waals surface area contributed by atoms with Gasteiger partial charge in [0.15, 0.2) is 11.5 Å². The second kappa shape index (κ2) is 9.00. The molecule has 10 heteroatoms. The van der Waals surface area contributed by atoms with Crippen molar-refractivity contribution < 1.29 is 14.4 Å². The summed E-state index contributed by atoms with van der Waals surface area (Å²) in [5.41, 5.74) is 1.44. The quantitative estimate of drug-likeness (QED) is 0.779. The van der Waals surface area contributed by atoms with Crippen LogP contribution < -0.4 is 15.5 Å². The van der Waals surface area contributed by atoms with Crippen LogP contribution in [0.15, 0.2) is 30.6 Å². The van der Waals surface area contributed by atoms with Gasteiger partial charge in [0.25, 0.3) is 5.91 Å². The minimum absolute atomic E-state index is 0.185. The maximum atomic E-state index is 13.0. The Labute approximate surface area is 173 Å². The van der Waals surface area contributed by atoms with E-state index in [-0.39, 0.29) is 23.4 Å². The van der Waals surface area contributed by atoms with Gasteiger partial charge in [0.05, 0.1) is 11.4 Å². The first-order chi connectivity index (χ1) is 14.4. The van der Waals surface area contributed by atoms with Crippen LogP contribution in [-0.4, -0.2) is 58.8 Å². The van der Waals surface area contributed by atoms with E-state index in [0.717, 1.165) is 0 Å². The van der Waals surface area contributed by atoms with Gasteiger partial charge in [-0.1, -0.05) is 0 Å². The molecule has 1 saturated heterocycles. The molecule has 1 aliphatic rings. The second-order valence-corrected chi connectivity index (χ2v) is 6.74. The molecule has 0 radical (unpaired) electrons. The number of aromatic nitrogens is 2. The third kappa shape index (κ3) is 4.70. The van der Waals surface area contributed by atoms with Crippen LogP contribution in [0.3, 0.4) is 0 Å². The minimum atomic E-state index is -0.308.